The Hall–Kier alpha value is -1.47. The molecule has 0 fully saturated rings. The zero-order valence-corrected chi connectivity index (χ0v) is 10.6. The highest BCUT2D eigenvalue weighted by Crippen LogP contribution is 2.20. The minimum atomic E-state index is 0.476. The van der Waals surface area contributed by atoms with E-state index in [1.54, 1.807) is 0 Å². The first-order chi connectivity index (χ1) is 8.29. The molecule has 2 heteroatoms. The van der Waals surface area contributed by atoms with Crippen LogP contribution in [0.5, 0.6) is 5.75 Å². The van der Waals surface area contributed by atoms with Crippen LogP contribution in [0.3, 0.4) is 0 Å². The van der Waals surface area contributed by atoms with Crippen LogP contribution in [-0.4, -0.2) is 0 Å². The van der Waals surface area contributed by atoms with E-state index in [0.717, 1.165) is 11.3 Å². The Labute approximate surface area is 107 Å². The summed E-state index contributed by atoms with van der Waals surface area (Å²) in [4.78, 5) is 0. The molecular formula is C15H15ClO. The fraction of sp³-hybridized carbons (Fsp3) is 0.200. The topological polar surface area (TPSA) is 9.23 Å². The van der Waals surface area contributed by atoms with E-state index in [4.69, 9.17) is 16.3 Å². The van der Waals surface area contributed by atoms with Crippen LogP contribution in [0.1, 0.15) is 16.7 Å². The van der Waals surface area contributed by atoms with Gasteiger partial charge in [-0.05, 0) is 18.6 Å². The second-order valence-electron chi connectivity index (χ2n) is 4.02. The van der Waals surface area contributed by atoms with Crippen molar-refractivity contribution in [2.24, 2.45) is 0 Å². The molecule has 0 aliphatic rings. The summed E-state index contributed by atoms with van der Waals surface area (Å²) in [5, 5.41) is 0. The predicted octanol–water partition coefficient (Wildman–Crippen LogP) is 4.31. The lowest BCUT2D eigenvalue weighted by Gasteiger charge is -2.09. The van der Waals surface area contributed by atoms with Crippen molar-refractivity contribution in [3.05, 3.63) is 65.2 Å². The van der Waals surface area contributed by atoms with Crippen LogP contribution in [0.2, 0.25) is 0 Å². The molecule has 2 rings (SSSR count). The molecule has 0 bridgehead atoms. The molecule has 0 unspecified atom stereocenters. The van der Waals surface area contributed by atoms with Crippen molar-refractivity contribution in [3.8, 4) is 5.75 Å². The van der Waals surface area contributed by atoms with Gasteiger partial charge in [-0.25, -0.2) is 0 Å². The van der Waals surface area contributed by atoms with Crippen LogP contribution in [0.25, 0.3) is 0 Å². The fourth-order valence-corrected chi connectivity index (χ4v) is 1.82. The smallest absolute Gasteiger partial charge is 0.124 e. The van der Waals surface area contributed by atoms with Crippen LogP contribution < -0.4 is 4.74 Å². The van der Waals surface area contributed by atoms with E-state index in [-0.39, 0.29) is 0 Å². The zero-order valence-electron chi connectivity index (χ0n) is 9.82. The summed E-state index contributed by atoms with van der Waals surface area (Å²) >= 11 is 5.85. The van der Waals surface area contributed by atoms with Crippen molar-refractivity contribution < 1.29 is 4.74 Å². The summed E-state index contributed by atoms with van der Waals surface area (Å²) in [6.45, 7) is 2.65. The lowest BCUT2D eigenvalue weighted by molar-refractivity contribution is 0.304. The number of hydrogen-bond donors (Lipinski definition) is 0. The molecule has 0 amide bonds. The monoisotopic (exact) mass is 246 g/mol. The Morgan fingerprint density at radius 2 is 1.71 bits per heavy atom. The number of alkyl halides is 1. The minimum Gasteiger partial charge on any atom is -0.489 e. The first kappa shape index (κ1) is 12.0. The van der Waals surface area contributed by atoms with Crippen LogP contribution in [0.4, 0.5) is 0 Å². The summed E-state index contributed by atoms with van der Waals surface area (Å²) in [6.07, 6.45) is 0. The first-order valence-corrected chi connectivity index (χ1v) is 6.15. The van der Waals surface area contributed by atoms with E-state index >= 15 is 0 Å². The van der Waals surface area contributed by atoms with Crippen molar-refractivity contribution in [2.45, 2.75) is 19.4 Å². The molecular weight excluding hydrogens is 232 g/mol. The summed E-state index contributed by atoms with van der Waals surface area (Å²) in [6, 6.07) is 16.2. The van der Waals surface area contributed by atoms with Crippen molar-refractivity contribution in [1.29, 1.82) is 0 Å². The number of para-hydroxylation sites is 1. The van der Waals surface area contributed by atoms with E-state index < -0.39 is 0 Å². The highest BCUT2D eigenvalue weighted by Gasteiger charge is 2.01. The second kappa shape index (κ2) is 5.74. The Morgan fingerprint density at radius 1 is 1.00 bits per heavy atom. The number of halogens is 1. The molecule has 0 saturated carbocycles. The maximum absolute atomic E-state index is 5.85. The number of ether oxygens (including phenoxy) is 1. The molecule has 0 atom stereocenters. The minimum absolute atomic E-state index is 0.476. The molecule has 0 N–H and O–H groups in total. The lowest BCUT2D eigenvalue weighted by Crippen LogP contribution is -1.97. The fourth-order valence-electron chi connectivity index (χ4n) is 1.60. The predicted molar refractivity (Wildman–Crippen MR) is 71.5 cm³/mol. The van der Waals surface area contributed by atoms with Gasteiger partial charge in [0.25, 0.3) is 0 Å². The Bertz CT molecular complexity index is 477. The second-order valence-corrected chi connectivity index (χ2v) is 4.28. The van der Waals surface area contributed by atoms with Gasteiger partial charge in [0.1, 0.15) is 12.4 Å². The highest BCUT2D eigenvalue weighted by molar-refractivity contribution is 6.17. The maximum Gasteiger partial charge on any atom is 0.124 e. The molecule has 0 saturated heterocycles. The Morgan fingerprint density at radius 3 is 2.41 bits per heavy atom. The van der Waals surface area contributed by atoms with E-state index in [1.807, 2.05) is 24.3 Å². The van der Waals surface area contributed by atoms with Gasteiger partial charge in [-0.15, -0.1) is 11.6 Å². The number of hydrogen-bond acceptors (Lipinski definition) is 1. The summed E-state index contributed by atoms with van der Waals surface area (Å²) in [7, 11) is 0. The van der Waals surface area contributed by atoms with Gasteiger partial charge in [-0.1, -0.05) is 48.0 Å². The van der Waals surface area contributed by atoms with Gasteiger partial charge in [0.05, 0.1) is 5.88 Å². The Balaban J connectivity index is 2.04. The van der Waals surface area contributed by atoms with Crippen LogP contribution in [0.15, 0.2) is 48.5 Å². The third-order valence-electron chi connectivity index (χ3n) is 2.63. The molecule has 17 heavy (non-hydrogen) atoms. The van der Waals surface area contributed by atoms with Crippen LogP contribution in [-0.2, 0) is 12.5 Å². The largest absolute Gasteiger partial charge is 0.489 e. The SMILES string of the molecule is Cc1ccc(COc2ccccc2CCl)cc1. The maximum atomic E-state index is 5.85. The molecule has 1 nitrogen and oxygen atoms in total. The number of aryl methyl sites for hydroxylation is 1. The van der Waals surface area contributed by atoms with Gasteiger partial charge in [0.2, 0.25) is 0 Å². The quantitative estimate of drug-likeness (QED) is 0.731. The van der Waals surface area contributed by atoms with E-state index in [9.17, 15) is 0 Å². The third kappa shape index (κ3) is 3.24. The summed E-state index contributed by atoms with van der Waals surface area (Å²) in [5.74, 6) is 1.34. The number of benzene rings is 2. The highest BCUT2D eigenvalue weighted by atomic mass is 35.5. The van der Waals surface area contributed by atoms with Gasteiger partial charge >= 0.3 is 0 Å². The van der Waals surface area contributed by atoms with Crippen LogP contribution in [0, 0.1) is 6.92 Å². The molecule has 0 aliphatic carbocycles. The van der Waals surface area contributed by atoms with Crippen LogP contribution >= 0.6 is 11.6 Å². The van der Waals surface area contributed by atoms with Crippen molar-refractivity contribution >= 4 is 11.6 Å². The Kier molecular flexibility index (Phi) is 4.05. The molecule has 0 radical (unpaired) electrons. The van der Waals surface area contributed by atoms with E-state index in [2.05, 4.69) is 31.2 Å². The lowest BCUT2D eigenvalue weighted by atomic mass is 10.2. The van der Waals surface area contributed by atoms with Crippen molar-refractivity contribution in [3.63, 3.8) is 0 Å². The van der Waals surface area contributed by atoms with Crippen molar-refractivity contribution in [2.75, 3.05) is 0 Å². The van der Waals surface area contributed by atoms with Gasteiger partial charge < -0.3 is 4.74 Å². The van der Waals surface area contributed by atoms with Gasteiger partial charge in [0.15, 0.2) is 0 Å². The molecule has 2 aromatic carbocycles. The average molecular weight is 247 g/mol. The summed E-state index contributed by atoms with van der Waals surface area (Å²) in [5.41, 5.74) is 3.45. The molecule has 0 aliphatic heterocycles. The van der Waals surface area contributed by atoms with Gasteiger partial charge in [-0.2, -0.15) is 0 Å². The van der Waals surface area contributed by atoms with E-state index in [0.29, 0.717) is 12.5 Å². The normalized spacial score (nSPS) is 10.2. The molecule has 0 spiro atoms. The average Bonchev–Trinajstić information content (AvgIpc) is 2.38. The van der Waals surface area contributed by atoms with Crippen molar-refractivity contribution in [1.82, 2.24) is 0 Å². The number of rotatable bonds is 4. The first-order valence-electron chi connectivity index (χ1n) is 5.62. The zero-order chi connectivity index (χ0) is 12.1. The molecule has 2 aromatic rings. The molecule has 0 heterocycles. The molecule has 0 aromatic heterocycles. The van der Waals surface area contributed by atoms with Gasteiger partial charge in [0, 0.05) is 5.56 Å². The standard InChI is InChI=1S/C15H15ClO/c1-12-6-8-13(9-7-12)11-17-15-5-3-2-4-14(15)10-16/h2-9H,10-11H2,1H3. The van der Waals surface area contributed by atoms with Gasteiger partial charge in [-0.3, -0.25) is 0 Å². The van der Waals surface area contributed by atoms with E-state index in [1.165, 1.54) is 11.1 Å². The molecule has 88 valence electrons. The third-order valence-corrected chi connectivity index (χ3v) is 2.92. The summed E-state index contributed by atoms with van der Waals surface area (Å²) < 4.78 is 5.77.